The smallest absolute Gasteiger partial charge is 0.377 e. The normalized spacial score (nSPS) is 18.5. The molecule has 2 aliphatic heterocycles. The largest absolute Gasteiger partial charge is 0.493 e. The van der Waals surface area contributed by atoms with Gasteiger partial charge in [-0.1, -0.05) is 24.3 Å². The highest BCUT2D eigenvalue weighted by Crippen LogP contribution is 2.53. The van der Waals surface area contributed by atoms with Crippen LogP contribution in [0.4, 0.5) is 11.4 Å². The Kier molecular flexibility index (Phi) is 4.44. The third-order valence-corrected chi connectivity index (χ3v) is 5.52. The van der Waals surface area contributed by atoms with E-state index in [0.717, 1.165) is 0 Å². The molecule has 162 valence electrons. The number of anilines is 2. The molecule has 1 spiro atoms. The second kappa shape index (κ2) is 7.19. The van der Waals surface area contributed by atoms with Crippen LogP contribution in [0.15, 0.2) is 60.7 Å². The van der Waals surface area contributed by atoms with Crippen LogP contribution in [0, 0.1) is 0 Å². The number of hydrogen-bond donors (Lipinski definition) is 0. The molecule has 0 N–H and O–H groups in total. The van der Waals surface area contributed by atoms with Gasteiger partial charge in [0.25, 0.3) is 0 Å². The van der Waals surface area contributed by atoms with Crippen molar-refractivity contribution in [2.24, 2.45) is 0 Å². The van der Waals surface area contributed by atoms with Gasteiger partial charge in [0.05, 0.1) is 49.4 Å². The first-order valence-corrected chi connectivity index (χ1v) is 9.79. The van der Waals surface area contributed by atoms with E-state index >= 15 is 0 Å². The van der Waals surface area contributed by atoms with E-state index < -0.39 is 17.8 Å². The Morgan fingerprint density at radius 3 is 1.94 bits per heavy atom. The highest BCUT2D eigenvalue weighted by atomic mass is 16.8. The maximum atomic E-state index is 13.0. The third-order valence-electron chi connectivity index (χ3n) is 5.52. The second-order valence-corrected chi connectivity index (χ2v) is 7.14. The van der Waals surface area contributed by atoms with Crippen LogP contribution in [0.1, 0.15) is 26.3 Å². The molecule has 0 saturated heterocycles. The minimum absolute atomic E-state index is 0.317. The summed E-state index contributed by atoms with van der Waals surface area (Å²) in [5.41, 5.74) is 2.07. The Morgan fingerprint density at radius 2 is 1.31 bits per heavy atom. The number of hydrogen-bond acceptors (Lipinski definition) is 8. The highest BCUT2D eigenvalue weighted by molar-refractivity contribution is 6.02. The van der Waals surface area contributed by atoms with E-state index in [1.165, 1.54) is 21.3 Å². The number of benzene rings is 3. The molecule has 0 aliphatic carbocycles. The molecular formula is C24H19NO7. The van der Waals surface area contributed by atoms with Gasteiger partial charge in [-0.15, -0.1) is 0 Å². The van der Waals surface area contributed by atoms with Crippen molar-refractivity contribution in [3.05, 3.63) is 77.4 Å². The minimum Gasteiger partial charge on any atom is -0.493 e. The van der Waals surface area contributed by atoms with Gasteiger partial charge in [0, 0.05) is 12.1 Å². The van der Waals surface area contributed by atoms with E-state index in [0.29, 0.717) is 45.3 Å². The summed E-state index contributed by atoms with van der Waals surface area (Å²) in [6, 6.07) is 17.2. The van der Waals surface area contributed by atoms with Crippen molar-refractivity contribution in [1.29, 1.82) is 0 Å². The molecule has 32 heavy (non-hydrogen) atoms. The van der Waals surface area contributed by atoms with Crippen molar-refractivity contribution in [3.8, 4) is 17.2 Å². The van der Waals surface area contributed by atoms with Crippen LogP contribution in [0.25, 0.3) is 0 Å². The van der Waals surface area contributed by atoms with E-state index in [1.54, 1.807) is 65.6 Å². The Morgan fingerprint density at radius 1 is 0.750 bits per heavy atom. The first-order valence-electron chi connectivity index (χ1n) is 9.79. The van der Waals surface area contributed by atoms with Crippen LogP contribution >= 0.6 is 0 Å². The molecule has 1 unspecified atom stereocenters. The maximum absolute atomic E-state index is 13.0. The van der Waals surface area contributed by atoms with E-state index in [1.807, 2.05) is 0 Å². The van der Waals surface area contributed by atoms with Crippen molar-refractivity contribution in [3.63, 3.8) is 0 Å². The number of methoxy groups -OCH3 is 3. The average Bonchev–Trinajstić information content (AvgIpc) is 3.10. The van der Waals surface area contributed by atoms with Crippen LogP contribution in [0.3, 0.4) is 0 Å². The molecule has 1 atom stereocenters. The Hall–Kier alpha value is -4.20. The lowest BCUT2D eigenvalue weighted by atomic mass is 10.0. The van der Waals surface area contributed by atoms with Crippen LogP contribution in [-0.4, -0.2) is 33.3 Å². The van der Waals surface area contributed by atoms with Gasteiger partial charge < -0.3 is 23.7 Å². The van der Waals surface area contributed by atoms with Crippen LogP contribution in [0.5, 0.6) is 17.2 Å². The van der Waals surface area contributed by atoms with Crippen LogP contribution in [0.2, 0.25) is 0 Å². The monoisotopic (exact) mass is 433 g/mol. The van der Waals surface area contributed by atoms with E-state index in [-0.39, 0.29) is 0 Å². The SMILES string of the molecule is COc1cc(N2c3ccccc3C(=O)OC23OC(=O)c2ccccc23)cc(OC)c1OC. The molecule has 0 fully saturated rings. The predicted octanol–water partition coefficient (Wildman–Crippen LogP) is 4.00. The zero-order chi connectivity index (χ0) is 22.5. The number of carbonyl (C=O) groups excluding carboxylic acids is 2. The second-order valence-electron chi connectivity index (χ2n) is 7.14. The maximum Gasteiger partial charge on any atom is 0.377 e. The van der Waals surface area contributed by atoms with E-state index in [9.17, 15) is 9.59 Å². The lowest BCUT2D eigenvalue weighted by Gasteiger charge is -2.43. The minimum atomic E-state index is -1.83. The zero-order valence-electron chi connectivity index (χ0n) is 17.6. The molecule has 3 aromatic carbocycles. The van der Waals surface area contributed by atoms with Gasteiger partial charge in [-0.05, 0) is 24.3 Å². The van der Waals surface area contributed by atoms with Gasteiger partial charge in [0.2, 0.25) is 5.75 Å². The van der Waals surface area contributed by atoms with Gasteiger partial charge in [-0.3, -0.25) is 4.90 Å². The fourth-order valence-electron chi connectivity index (χ4n) is 4.15. The zero-order valence-corrected chi connectivity index (χ0v) is 17.6. The average molecular weight is 433 g/mol. The summed E-state index contributed by atoms with van der Waals surface area (Å²) in [7, 11) is 4.52. The summed E-state index contributed by atoms with van der Waals surface area (Å²) in [5, 5.41) is 0. The molecule has 0 saturated carbocycles. The Bertz CT molecular complexity index is 1230. The van der Waals surface area contributed by atoms with Crippen molar-refractivity contribution in [2.45, 2.75) is 5.91 Å². The molecule has 2 heterocycles. The van der Waals surface area contributed by atoms with Crippen molar-refractivity contribution in [2.75, 3.05) is 26.2 Å². The lowest BCUT2D eigenvalue weighted by molar-refractivity contribution is -0.165. The van der Waals surface area contributed by atoms with E-state index in [2.05, 4.69) is 0 Å². The third kappa shape index (κ3) is 2.62. The molecule has 0 radical (unpaired) electrons. The number of nitrogens with zero attached hydrogens (tertiary/aromatic N) is 1. The molecule has 5 rings (SSSR count). The summed E-state index contributed by atoms with van der Waals surface area (Å²) < 4.78 is 28.1. The number of fused-ring (bicyclic) bond motifs is 3. The summed E-state index contributed by atoms with van der Waals surface area (Å²) in [6.07, 6.45) is 0. The molecule has 3 aromatic rings. The van der Waals surface area contributed by atoms with Crippen molar-refractivity contribution >= 4 is 23.3 Å². The topological polar surface area (TPSA) is 83.5 Å². The Labute approximate surface area is 183 Å². The molecule has 0 amide bonds. The molecule has 8 nitrogen and oxygen atoms in total. The summed E-state index contributed by atoms with van der Waals surface area (Å²) >= 11 is 0. The van der Waals surface area contributed by atoms with Gasteiger partial charge in [-0.2, -0.15) is 0 Å². The first-order chi connectivity index (χ1) is 15.5. The van der Waals surface area contributed by atoms with Crippen molar-refractivity contribution in [1.82, 2.24) is 0 Å². The number of esters is 2. The summed E-state index contributed by atoms with van der Waals surface area (Å²) in [5.74, 6) is -1.84. The van der Waals surface area contributed by atoms with Gasteiger partial charge in [0.1, 0.15) is 0 Å². The van der Waals surface area contributed by atoms with Crippen LogP contribution < -0.4 is 19.1 Å². The molecule has 0 aromatic heterocycles. The summed E-state index contributed by atoms with van der Waals surface area (Å²) in [4.78, 5) is 27.4. The standard InChI is InChI=1S/C24H19NO7/c1-28-19-12-14(13-20(29-2)21(19)30-3)25-18-11-7-5-9-16(18)23(27)32-24(25)17-10-6-4-8-15(17)22(26)31-24/h4-13H,1-3H3. The molecular weight excluding hydrogens is 414 g/mol. The predicted molar refractivity (Wildman–Crippen MR) is 114 cm³/mol. The summed E-state index contributed by atoms with van der Waals surface area (Å²) in [6.45, 7) is 0. The highest BCUT2D eigenvalue weighted by Gasteiger charge is 2.58. The number of rotatable bonds is 4. The fourth-order valence-corrected chi connectivity index (χ4v) is 4.15. The molecule has 2 aliphatic rings. The first kappa shape index (κ1) is 19.7. The molecule has 0 bridgehead atoms. The van der Waals surface area contributed by atoms with Gasteiger partial charge in [0.15, 0.2) is 11.5 Å². The quantitative estimate of drug-likeness (QED) is 0.571. The van der Waals surface area contributed by atoms with Gasteiger partial charge >= 0.3 is 17.8 Å². The number of para-hydroxylation sites is 1. The molecule has 8 heteroatoms. The fraction of sp³-hybridized carbons (Fsp3) is 0.167. The van der Waals surface area contributed by atoms with E-state index in [4.69, 9.17) is 23.7 Å². The van der Waals surface area contributed by atoms with Gasteiger partial charge in [-0.25, -0.2) is 9.59 Å². The lowest BCUT2D eigenvalue weighted by Crippen LogP contribution is -2.51. The van der Waals surface area contributed by atoms with Crippen molar-refractivity contribution < 1.29 is 33.3 Å². The van der Waals surface area contributed by atoms with Crippen LogP contribution in [-0.2, 0) is 15.4 Å². The number of carbonyl (C=O) groups is 2. The number of ether oxygens (including phenoxy) is 5. The Balaban J connectivity index is 1.83.